The number of amides is 1. The van der Waals surface area contributed by atoms with Crippen molar-refractivity contribution in [1.82, 2.24) is 9.47 Å². The zero-order chi connectivity index (χ0) is 24.7. The summed E-state index contributed by atoms with van der Waals surface area (Å²) >= 11 is 0. The lowest BCUT2D eigenvalue weighted by Gasteiger charge is -2.28. The third-order valence-electron chi connectivity index (χ3n) is 7.26. The van der Waals surface area contributed by atoms with Crippen molar-refractivity contribution in [3.05, 3.63) is 82.7 Å². The molecular formula is C29H32N4O2. The number of anilines is 1. The Labute approximate surface area is 206 Å². The molecule has 3 aromatic rings. The van der Waals surface area contributed by atoms with Gasteiger partial charge in [0.05, 0.1) is 11.8 Å². The number of aromatic nitrogens is 1. The van der Waals surface area contributed by atoms with Gasteiger partial charge in [-0.05, 0) is 107 Å². The molecule has 1 aromatic heterocycles. The summed E-state index contributed by atoms with van der Waals surface area (Å²) in [5, 5.41) is 3.01. The van der Waals surface area contributed by atoms with Crippen molar-refractivity contribution in [2.45, 2.75) is 45.6 Å². The second kappa shape index (κ2) is 9.27. The fraction of sp³-hybridized carbons (Fsp3) is 0.345. The molecule has 1 fully saturated rings. The first-order valence-electron chi connectivity index (χ1n) is 12.3. The van der Waals surface area contributed by atoms with Crippen LogP contribution >= 0.6 is 0 Å². The standard InChI is InChI=1S/C29H32N4O2/c1-18-5-6-19(2)33(18)24-10-7-21(8-11-24)28(30-23-13-15-32(4)16-14-23)27-25-17-22(20(3)34)9-12-26(25)31-29(27)35/h5-12,17,23,27H,13-16H2,1-4H3,(H,31,35). The summed E-state index contributed by atoms with van der Waals surface area (Å²) in [5.74, 6) is -0.639. The molecule has 2 aliphatic heterocycles. The fourth-order valence-electron chi connectivity index (χ4n) is 5.25. The van der Waals surface area contributed by atoms with E-state index in [1.54, 1.807) is 13.0 Å². The van der Waals surface area contributed by atoms with Crippen LogP contribution in [0, 0.1) is 13.8 Å². The highest BCUT2D eigenvalue weighted by Crippen LogP contribution is 2.37. The minimum Gasteiger partial charge on any atom is -0.325 e. The van der Waals surface area contributed by atoms with Crippen LogP contribution in [0.2, 0.25) is 0 Å². The van der Waals surface area contributed by atoms with E-state index in [9.17, 15) is 9.59 Å². The molecule has 0 bridgehead atoms. The van der Waals surface area contributed by atoms with E-state index < -0.39 is 5.92 Å². The molecule has 6 nitrogen and oxygen atoms in total. The van der Waals surface area contributed by atoms with Crippen molar-refractivity contribution in [2.24, 2.45) is 4.99 Å². The van der Waals surface area contributed by atoms with Crippen LogP contribution in [-0.4, -0.2) is 53.0 Å². The largest absolute Gasteiger partial charge is 0.325 e. The molecule has 2 aromatic carbocycles. The van der Waals surface area contributed by atoms with Crippen LogP contribution in [0.15, 0.2) is 59.6 Å². The maximum absolute atomic E-state index is 13.3. The minimum atomic E-state index is -0.537. The molecular weight excluding hydrogens is 436 g/mol. The molecule has 1 N–H and O–H groups in total. The van der Waals surface area contributed by atoms with Crippen molar-refractivity contribution in [1.29, 1.82) is 0 Å². The molecule has 180 valence electrons. The van der Waals surface area contributed by atoms with Gasteiger partial charge in [0, 0.05) is 28.3 Å². The van der Waals surface area contributed by atoms with Crippen LogP contribution in [0.25, 0.3) is 5.69 Å². The van der Waals surface area contributed by atoms with Crippen molar-refractivity contribution >= 4 is 23.1 Å². The molecule has 1 saturated heterocycles. The summed E-state index contributed by atoms with van der Waals surface area (Å²) in [4.78, 5) is 32.9. The second-order valence-corrected chi connectivity index (χ2v) is 9.83. The summed E-state index contributed by atoms with van der Waals surface area (Å²) in [7, 11) is 2.13. The van der Waals surface area contributed by atoms with E-state index in [2.05, 4.69) is 72.1 Å². The molecule has 35 heavy (non-hydrogen) atoms. The lowest BCUT2D eigenvalue weighted by Crippen LogP contribution is -2.33. The Morgan fingerprint density at radius 2 is 1.57 bits per heavy atom. The predicted octanol–water partition coefficient (Wildman–Crippen LogP) is 4.92. The third kappa shape index (κ3) is 4.46. The highest BCUT2D eigenvalue weighted by atomic mass is 16.2. The van der Waals surface area contributed by atoms with Gasteiger partial charge in [-0.25, -0.2) is 0 Å². The quantitative estimate of drug-likeness (QED) is 0.427. The Morgan fingerprint density at radius 1 is 0.943 bits per heavy atom. The van der Waals surface area contributed by atoms with Crippen LogP contribution < -0.4 is 5.32 Å². The van der Waals surface area contributed by atoms with Gasteiger partial charge in [0.25, 0.3) is 0 Å². The van der Waals surface area contributed by atoms with Gasteiger partial charge in [0.15, 0.2) is 5.78 Å². The number of carbonyl (C=O) groups excluding carboxylic acids is 2. The SMILES string of the molecule is CC(=O)c1ccc2c(c1)C(C(=NC1CCN(C)CC1)c1ccc(-n3c(C)ccc3C)cc1)C(=O)N2. The first-order valence-corrected chi connectivity index (χ1v) is 12.3. The van der Waals surface area contributed by atoms with E-state index in [-0.39, 0.29) is 17.7 Å². The highest BCUT2D eigenvalue weighted by molar-refractivity contribution is 6.24. The van der Waals surface area contributed by atoms with Gasteiger partial charge in [0.2, 0.25) is 5.91 Å². The van der Waals surface area contributed by atoms with Gasteiger partial charge in [-0.15, -0.1) is 0 Å². The van der Waals surface area contributed by atoms with E-state index >= 15 is 0 Å². The maximum atomic E-state index is 13.3. The van der Waals surface area contributed by atoms with Gasteiger partial charge in [-0.1, -0.05) is 12.1 Å². The molecule has 6 heteroatoms. The number of hydrogen-bond donors (Lipinski definition) is 1. The molecule has 2 aliphatic rings. The molecule has 0 radical (unpaired) electrons. The van der Waals surface area contributed by atoms with Crippen molar-refractivity contribution in [3.63, 3.8) is 0 Å². The summed E-state index contributed by atoms with van der Waals surface area (Å²) in [6.07, 6.45) is 1.93. The number of rotatable bonds is 5. The Kier molecular flexibility index (Phi) is 6.15. The first kappa shape index (κ1) is 23.2. The molecule has 0 aliphatic carbocycles. The Bertz CT molecular complexity index is 1290. The lowest BCUT2D eigenvalue weighted by atomic mass is 9.89. The van der Waals surface area contributed by atoms with Crippen LogP contribution in [0.1, 0.15) is 58.6 Å². The van der Waals surface area contributed by atoms with E-state index in [1.807, 2.05) is 12.1 Å². The average Bonchev–Trinajstić information content (AvgIpc) is 3.35. The van der Waals surface area contributed by atoms with Crippen molar-refractivity contribution in [3.8, 4) is 5.69 Å². The monoisotopic (exact) mass is 468 g/mol. The van der Waals surface area contributed by atoms with Crippen molar-refractivity contribution in [2.75, 3.05) is 25.5 Å². The Morgan fingerprint density at radius 3 is 2.20 bits per heavy atom. The van der Waals surface area contributed by atoms with Crippen molar-refractivity contribution < 1.29 is 9.59 Å². The number of nitrogens with one attached hydrogen (secondary N) is 1. The van der Waals surface area contributed by atoms with Crippen LogP contribution in [0.3, 0.4) is 0 Å². The normalized spacial score (nSPS) is 19.0. The number of ketones is 1. The zero-order valence-electron chi connectivity index (χ0n) is 20.8. The van der Waals surface area contributed by atoms with Gasteiger partial charge in [0.1, 0.15) is 5.92 Å². The summed E-state index contributed by atoms with van der Waals surface area (Å²) in [5.41, 5.74) is 7.36. The van der Waals surface area contributed by atoms with E-state index in [4.69, 9.17) is 4.99 Å². The number of benzene rings is 2. The van der Waals surface area contributed by atoms with Crippen LogP contribution in [0.4, 0.5) is 5.69 Å². The van der Waals surface area contributed by atoms with Gasteiger partial charge >= 0.3 is 0 Å². The van der Waals surface area contributed by atoms with E-state index in [0.717, 1.165) is 54.1 Å². The zero-order valence-corrected chi connectivity index (χ0v) is 20.8. The molecule has 5 rings (SSSR count). The number of hydrogen-bond acceptors (Lipinski definition) is 4. The van der Waals surface area contributed by atoms with Gasteiger partial charge in [-0.3, -0.25) is 14.6 Å². The topological polar surface area (TPSA) is 66.7 Å². The minimum absolute atomic E-state index is 0.0125. The third-order valence-corrected chi connectivity index (χ3v) is 7.26. The first-order chi connectivity index (χ1) is 16.8. The summed E-state index contributed by atoms with van der Waals surface area (Å²) in [6.45, 7) is 7.74. The fourth-order valence-corrected chi connectivity index (χ4v) is 5.25. The Balaban J connectivity index is 1.58. The number of aliphatic imine (C=N–C) groups is 1. The van der Waals surface area contributed by atoms with Crippen LogP contribution in [0.5, 0.6) is 0 Å². The number of likely N-dealkylation sites (tertiary alicyclic amines) is 1. The Hall–Kier alpha value is -3.51. The lowest BCUT2D eigenvalue weighted by molar-refractivity contribution is -0.115. The summed E-state index contributed by atoms with van der Waals surface area (Å²) in [6, 6.07) is 18.2. The van der Waals surface area contributed by atoms with E-state index in [0.29, 0.717) is 5.56 Å². The molecule has 1 unspecified atom stereocenters. The molecule has 1 atom stereocenters. The highest BCUT2D eigenvalue weighted by Gasteiger charge is 2.36. The average molecular weight is 469 g/mol. The molecule has 1 amide bonds. The smallest absolute Gasteiger partial charge is 0.238 e. The number of nitrogens with zero attached hydrogens (tertiary/aromatic N) is 3. The number of Topliss-reactive ketones (excluding diaryl/α,β-unsaturated/α-hetero) is 1. The number of fused-ring (bicyclic) bond motifs is 1. The number of piperidine rings is 1. The molecule has 0 saturated carbocycles. The molecule has 0 spiro atoms. The van der Waals surface area contributed by atoms with Gasteiger partial charge in [-0.2, -0.15) is 0 Å². The van der Waals surface area contributed by atoms with Crippen LogP contribution in [-0.2, 0) is 4.79 Å². The van der Waals surface area contributed by atoms with E-state index in [1.165, 1.54) is 11.4 Å². The summed E-state index contributed by atoms with van der Waals surface area (Å²) < 4.78 is 2.22. The van der Waals surface area contributed by atoms with Gasteiger partial charge < -0.3 is 14.8 Å². The maximum Gasteiger partial charge on any atom is 0.238 e. The number of carbonyl (C=O) groups is 2. The molecule has 3 heterocycles. The predicted molar refractivity (Wildman–Crippen MR) is 140 cm³/mol. The second-order valence-electron chi connectivity index (χ2n) is 9.83. The number of aryl methyl sites for hydroxylation is 2.